The molecule has 1 aromatic heterocycles. The maximum absolute atomic E-state index is 9.30. The first-order valence-corrected chi connectivity index (χ1v) is 5.93. The number of aromatic nitrogens is 2. The molecule has 2 heterocycles. The van der Waals surface area contributed by atoms with E-state index in [1.165, 1.54) is 25.7 Å². The van der Waals surface area contributed by atoms with Gasteiger partial charge in [0.05, 0.1) is 12.3 Å². The van der Waals surface area contributed by atoms with E-state index in [-0.39, 0.29) is 6.04 Å². The number of aryl methyl sites for hydroxylation is 1. The van der Waals surface area contributed by atoms with Crippen LogP contribution in [0.3, 0.4) is 0 Å². The highest BCUT2D eigenvalue weighted by Crippen LogP contribution is 2.22. The van der Waals surface area contributed by atoms with Gasteiger partial charge in [-0.05, 0) is 25.9 Å². The minimum atomic E-state index is -0.119. The van der Waals surface area contributed by atoms with Crippen molar-refractivity contribution in [3.63, 3.8) is 0 Å². The zero-order chi connectivity index (χ0) is 11.4. The van der Waals surface area contributed by atoms with Crippen LogP contribution >= 0.6 is 0 Å². The summed E-state index contributed by atoms with van der Waals surface area (Å²) >= 11 is 0. The van der Waals surface area contributed by atoms with Crippen LogP contribution in [0, 0.1) is 11.3 Å². The molecule has 86 valence electrons. The number of hydrogen-bond acceptors (Lipinski definition) is 3. The van der Waals surface area contributed by atoms with E-state index in [1.54, 1.807) is 10.9 Å². The molecule has 1 atom stereocenters. The third-order valence-corrected chi connectivity index (χ3v) is 3.17. The molecule has 2 rings (SSSR count). The van der Waals surface area contributed by atoms with Crippen LogP contribution in [0.4, 0.5) is 0 Å². The Bertz CT molecular complexity index is 369. The molecule has 0 spiro atoms. The van der Waals surface area contributed by atoms with Gasteiger partial charge in [-0.3, -0.25) is 9.58 Å². The highest BCUT2D eigenvalue weighted by atomic mass is 15.2. The van der Waals surface area contributed by atoms with Gasteiger partial charge in [0.15, 0.2) is 0 Å². The number of nitriles is 1. The van der Waals surface area contributed by atoms with Crippen molar-refractivity contribution in [2.24, 2.45) is 7.05 Å². The van der Waals surface area contributed by atoms with Crippen molar-refractivity contribution >= 4 is 0 Å². The van der Waals surface area contributed by atoms with Gasteiger partial charge >= 0.3 is 0 Å². The van der Waals surface area contributed by atoms with Crippen molar-refractivity contribution in [1.29, 1.82) is 5.26 Å². The lowest BCUT2D eigenvalue weighted by Gasteiger charge is -2.24. The molecule has 0 radical (unpaired) electrons. The minimum Gasteiger partial charge on any atom is -0.284 e. The molecule has 0 bridgehead atoms. The second-order valence-corrected chi connectivity index (χ2v) is 4.43. The summed E-state index contributed by atoms with van der Waals surface area (Å²) in [7, 11) is 1.89. The molecule has 16 heavy (non-hydrogen) atoms. The Labute approximate surface area is 96.5 Å². The summed E-state index contributed by atoms with van der Waals surface area (Å²) in [5.74, 6) is 0. The van der Waals surface area contributed by atoms with Gasteiger partial charge < -0.3 is 0 Å². The summed E-state index contributed by atoms with van der Waals surface area (Å²) in [5, 5.41) is 13.4. The SMILES string of the molecule is Cn1cc(C(C#N)N2CCCCCC2)cn1. The van der Waals surface area contributed by atoms with Gasteiger partial charge in [-0.2, -0.15) is 10.4 Å². The van der Waals surface area contributed by atoms with Gasteiger partial charge in [-0.1, -0.05) is 12.8 Å². The summed E-state index contributed by atoms with van der Waals surface area (Å²) in [5.41, 5.74) is 1.02. The molecule has 1 saturated heterocycles. The highest BCUT2D eigenvalue weighted by molar-refractivity contribution is 5.18. The van der Waals surface area contributed by atoms with E-state index in [1.807, 2.05) is 13.2 Å². The Balaban J connectivity index is 2.12. The molecular formula is C12H18N4. The Kier molecular flexibility index (Phi) is 3.58. The number of likely N-dealkylation sites (tertiary alicyclic amines) is 1. The molecule has 4 heteroatoms. The standard InChI is InChI=1S/C12H18N4/c1-15-10-11(9-14-15)12(8-13)16-6-4-2-3-5-7-16/h9-10,12H,2-7H2,1H3. The predicted octanol–water partition coefficient (Wildman–Crippen LogP) is 1.86. The van der Waals surface area contributed by atoms with Crippen molar-refractivity contribution in [3.8, 4) is 6.07 Å². The van der Waals surface area contributed by atoms with E-state index in [0.29, 0.717) is 0 Å². The molecule has 0 aromatic carbocycles. The quantitative estimate of drug-likeness (QED) is 0.761. The van der Waals surface area contributed by atoms with Gasteiger partial charge in [0.25, 0.3) is 0 Å². The van der Waals surface area contributed by atoms with Crippen molar-refractivity contribution in [3.05, 3.63) is 18.0 Å². The van der Waals surface area contributed by atoms with Crippen molar-refractivity contribution < 1.29 is 0 Å². The largest absolute Gasteiger partial charge is 0.284 e. The second-order valence-electron chi connectivity index (χ2n) is 4.43. The van der Waals surface area contributed by atoms with E-state index < -0.39 is 0 Å². The van der Waals surface area contributed by atoms with Gasteiger partial charge in [-0.15, -0.1) is 0 Å². The Morgan fingerprint density at radius 2 is 2.00 bits per heavy atom. The van der Waals surface area contributed by atoms with Crippen LogP contribution < -0.4 is 0 Å². The smallest absolute Gasteiger partial charge is 0.126 e. The monoisotopic (exact) mass is 218 g/mol. The summed E-state index contributed by atoms with van der Waals surface area (Å²) in [6.45, 7) is 2.07. The lowest BCUT2D eigenvalue weighted by molar-refractivity contribution is 0.245. The first kappa shape index (κ1) is 11.2. The Morgan fingerprint density at radius 1 is 1.31 bits per heavy atom. The molecule has 1 aliphatic rings. The summed E-state index contributed by atoms with van der Waals surface area (Å²) in [6, 6.07) is 2.28. The molecule has 1 fully saturated rings. The molecule has 0 saturated carbocycles. The second kappa shape index (κ2) is 5.13. The predicted molar refractivity (Wildman–Crippen MR) is 61.6 cm³/mol. The van der Waals surface area contributed by atoms with Crippen molar-refractivity contribution in [2.75, 3.05) is 13.1 Å². The molecule has 0 N–H and O–H groups in total. The first-order valence-electron chi connectivity index (χ1n) is 5.93. The van der Waals surface area contributed by atoms with Gasteiger partial charge in [0.2, 0.25) is 0 Å². The van der Waals surface area contributed by atoms with Crippen LogP contribution in [-0.4, -0.2) is 27.8 Å². The Morgan fingerprint density at radius 3 is 2.50 bits per heavy atom. The average Bonchev–Trinajstić information content (AvgIpc) is 2.55. The van der Waals surface area contributed by atoms with E-state index in [2.05, 4.69) is 16.1 Å². The van der Waals surface area contributed by atoms with Gasteiger partial charge in [0, 0.05) is 18.8 Å². The average molecular weight is 218 g/mol. The van der Waals surface area contributed by atoms with Crippen molar-refractivity contribution in [1.82, 2.24) is 14.7 Å². The normalized spacial score (nSPS) is 20.0. The minimum absolute atomic E-state index is 0.119. The zero-order valence-corrected chi connectivity index (χ0v) is 9.76. The zero-order valence-electron chi connectivity index (χ0n) is 9.76. The fraction of sp³-hybridized carbons (Fsp3) is 0.667. The molecule has 1 unspecified atom stereocenters. The van der Waals surface area contributed by atoms with Gasteiger partial charge in [-0.25, -0.2) is 0 Å². The maximum Gasteiger partial charge on any atom is 0.126 e. The lowest BCUT2D eigenvalue weighted by atomic mass is 10.1. The highest BCUT2D eigenvalue weighted by Gasteiger charge is 2.21. The molecule has 1 aliphatic heterocycles. The molecule has 0 amide bonds. The van der Waals surface area contributed by atoms with Crippen LogP contribution in [0.15, 0.2) is 12.4 Å². The fourth-order valence-corrected chi connectivity index (χ4v) is 2.30. The maximum atomic E-state index is 9.30. The van der Waals surface area contributed by atoms with Crippen LogP contribution in [0.5, 0.6) is 0 Å². The number of nitrogens with zero attached hydrogens (tertiary/aromatic N) is 4. The summed E-state index contributed by atoms with van der Waals surface area (Å²) in [4.78, 5) is 2.28. The van der Waals surface area contributed by atoms with Crippen LogP contribution in [0.1, 0.15) is 37.3 Å². The van der Waals surface area contributed by atoms with E-state index in [4.69, 9.17) is 0 Å². The third-order valence-electron chi connectivity index (χ3n) is 3.17. The van der Waals surface area contributed by atoms with Gasteiger partial charge in [0.1, 0.15) is 6.04 Å². The van der Waals surface area contributed by atoms with Crippen LogP contribution in [0.2, 0.25) is 0 Å². The molecular weight excluding hydrogens is 200 g/mol. The first-order chi connectivity index (χ1) is 7.81. The van der Waals surface area contributed by atoms with E-state index in [9.17, 15) is 5.26 Å². The van der Waals surface area contributed by atoms with E-state index in [0.717, 1.165) is 18.7 Å². The number of rotatable bonds is 2. The Hall–Kier alpha value is -1.34. The van der Waals surface area contributed by atoms with Crippen LogP contribution in [-0.2, 0) is 7.05 Å². The fourth-order valence-electron chi connectivity index (χ4n) is 2.30. The van der Waals surface area contributed by atoms with Crippen LogP contribution in [0.25, 0.3) is 0 Å². The third kappa shape index (κ3) is 2.42. The number of hydrogen-bond donors (Lipinski definition) is 0. The van der Waals surface area contributed by atoms with Crippen molar-refractivity contribution in [2.45, 2.75) is 31.7 Å². The lowest BCUT2D eigenvalue weighted by Crippen LogP contribution is -2.28. The topological polar surface area (TPSA) is 44.9 Å². The molecule has 4 nitrogen and oxygen atoms in total. The summed E-state index contributed by atoms with van der Waals surface area (Å²) < 4.78 is 1.76. The van der Waals surface area contributed by atoms with E-state index >= 15 is 0 Å². The summed E-state index contributed by atoms with van der Waals surface area (Å²) in [6.07, 6.45) is 8.75. The molecule has 1 aromatic rings. The molecule has 0 aliphatic carbocycles.